The molecule has 2 rings (SSSR count). The minimum absolute atomic E-state index is 0.140. The quantitative estimate of drug-likeness (QED) is 0.769. The van der Waals surface area contributed by atoms with Crippen molar-refractivity contribution in [2.75, 3.05) is 13.1 Å². The Balaban J connectivity index is 2.07. The van der Waals surface area contributed by atoms with Crippen molar-refractivity contribution in [3.63, 3.8) is 0 Å². The number of ether oxygens (including phenoxy) is 1. The molecule has 1 aliphatic carbocycles. The highest BCUT2D eigenvalue weighted by molar-refractivity contribution is 5.84. The molecule has 0 spiro atoms. The molecule has 0 bridgehead atoms. The van der Waals surface area contributed by atoms with Gasteiger partial charge in [0.05, 0.1) is 17.2 Å². The van der Waals surface area contributed by atoms with E-state index in [1.165, 1.54) is 0 Å². The summed E-state index contributed by atoms with van der Waals surface area (Å²) >= 11 is 0. The van der Waals surface area contributed by atoms with Gasteiger partial charge in [-0.1, -0.05) is 0 Å². The maximum atomic E-state index is 11.6. The topological polar surface area (TPSA) is 81.6 Å². The summed E-state index contributed by atoms with van der Waals surface area (Å²) in [6.07, 6.45) is 3.66. The van der Waals surface area contributed by atoms with Gasteiger partial charge in [0, 0.05) is 19.1 Å². The number of rotatable bonds is 2. The number of hydrogen-bond donors (Lipinski definition) is 2. The van der Waals surface area contributed by atoms with Crippen molar-refractivity contribution in [3.05, 3.63) is 0 Å². The summed E-state index contributed by atoms with van der Waals surface area (Å²) < 4.78 is 5.93. The molecule has 2 fully saturated rings. The highest BCUT2D eigenvalue weighted by Crippen LogP contribution is 2.32. The third kappa shape index (κ3) is 3.27. The number of morpholine rings is 1. The minimum atomic E-state index is -0.825. The lowest BCUT2D eigenvalue weighted by molar-refractivity contribution is -0.144. The zero-order valence-corrected chi connectivity index (χ0v) is 12.3. The maximum absolute atomic E-state index is 11.6. The Bertz CT molecular complexity index is 359. The molecule has 1 amide bonds. The Morgan fingerprint density at radius 1 is 1.42 bits per heavy atom. The molecule has 0 aromatic carbocycles. The first kappa shape index (κ1) is 14.8. The summed E-state index contributed by atoms with van der Waals surface area (Å²) in [5.41, 5.74) is 10.7. The molecule has 5 nitrogen and oxygen atoms in total. The van der Waals surface area contributed by atoms with E-state index in [4.69, 9.17) is 16.2 Å². The molecule has 0 aromatic heterocycles. The first-order chi connectivity index (χ1) is 8.72. The van der Waals surface area contributed by atoms with Gasteiger partial charge in [-0.3, -0.25) is 9.69 Å². The first-order valence-corrected chi connectivity index (χ1v) is 7.22. The van der Waals surface area contributed by atoms with Gasteiger partial charge in [-0.05, 0) is 46.5 Å². The predicted octanol–water partition coefficient (Wildman–Crippen LogP) is 0.611. The molecule has 1 heterocycles. The first-order valence-electron chi connectivity index (χ1n) is 7.22. The fourth-order valence-electron chi connectivity index (χ4n) is 3.59. The van der Waals surface area contributed by atoms with Crippen LogP contribution in [-0.4, -0.2) is 47.2 Å². The van der Waals surface area contributed by atoms with Gasteiger partial charge in [-0.15, -0.1) is 0 Å². The van der Waals surface area contributed by atoms with Crippen LogP contribution in [0.15, 0.2) is 0 Å². The van der Waals surface area contributed by atoms with Crippen molar-refractivity contribution < 1.29 is 9.53 Å². The van der Waals surface area contributed by atoms with Crippen molar-refractivity contribution in [2.24, 2.45) is 11.5 Å². The molecule has 3 atom stereocenters. The van der Waals surface area contributed by atoms with Crippen LogP contribution in [0.25, 0.3) is 0 Å². The van der Waals surface area contributed by atoms with Gasteiger partial charge in [0.25, 0.3) is 0 Å². The lowest BCUT2D eigenvalue weighted by atomic mass is 9.78. The van der Waals surface area contributed by atoms with Crippen molar-refractivity contribution in [3.8, 4) is 0 Å². The number of primary amides is 1. The van der Waals surface area contributed by atoms with Crippen LogP contribution in [0.5, 0.6) is 0 Å². The standard InChI is InChI=1S/C14H27N3O2/c1-10-8-17(9-13(2,3)19-10)11-5-4-6-14(16,7-11)12(15)18/h10-11H,4-9,16H2,1-3H3,(H2,15,18). The van der Waals surface area contributed by atoms with E-state index in [9.17, 15) is 4.79 Å². The van der Waals surface area contributed by atoms with Crippen LogP contribution in [0, 0.1) is 0 Å². The molecule has 110 valence electrons. The molecule has 0 aromatic rings. The summed E-state index contributed by atoms with van der Waals surface area (Å²) in [6, 6.07) is 0.344. The van der Waals surface area contributed by atoms with Crippen molar-refractivity contribution >= 4 is 5.91 Å². The fraction of sp³-hybridized carbons (Fsp3) is 0.929. The minimum Gasteiger partial charge on any atom is -0.370 e. The summed E-state index contributed by atoms with van der Waals surface area (Å²) in [4.78, 5) is 14.0. The van der Waals surface area contributed by atoms with E-state index in [0.717, 1.165) is 25.9 Å². The monoisotopic (exact) mass is 269 g/mol. The van der Waals surface area contributed by atoms with E-state index in [1.807, 2.05) is 0 Å². The third-order valence-corrected chi connectivity index (χ3v) is 4.36. The van der Waals surface area contributed by atoms with Gasteiger partial charge in [-0.25, -0.2) is 0 Å². The molecule has 5 heteroatoms. The number of hydrogen-bond acceptors (Lipinski definition) is 4. The van der Waals surface area contributed by atoms with Crippen LogP contribution in [0.3, 0.4) is 0 Å². The Morgan fingerprint density at radius 2 is 2.11 bits per heavy atom. The van der Waals surface area contributed by atoms with Gasteiger partial charge < -0.3 is 16.2 Å². The molecular formula is C14H27N3O2. The van der Waals surface area contributed by atoms with E-state index >= 15 is 0 Å². The Labute approximate surface area is 115 Å². The second-order valence-electron chi connectivity index (χ2n) is 6.89. The second kappa shape index (κ2) is 5.04. The van der Waals surface area contributed by atoms with Gasteiger partial charge in [0.1, 0.15) is 0 Å². The van der Waals surface area contributed by atoms with Crippen LogP contribution in [0.2, 0.25) is 0 Å². The van der Waals surface area contributed by atoms with Crippen molar-refractivity contribution in [1.29, 1.82) is 0 Å². The molecule has 0 radical (unpaired) electrons. The largest absolute Gasteiger partial charge is 0.370 e. The highest BCUT2D eigenvalue weighted by atomic mass is 16.5. The lowest BCUT2D eigenvalue weighted by Crippen LogP contribution is -2.61. The smallest absolute Gasteiger partial charge is 0.237 e. The fourth-order valence-corrected chi connectivity index (χ4v) is 3.59. The predicted molar refractivity (Wildman–Crippen MR) is 74.6 cm³/mol. The number of carbonyl (C=O) groups is 1. The average molecular weight is 269 g/mol. The number of nitrogens with two attached hydrogens (primary N) is 2. The zero-order valence-electron chi connectivity index (χ0n) is 12.3. The highest BCUT2D eigenvalue weighted by Gasteiger charge is 2.42. The normalized spacial score (nSPS) is 40.0. The van der Waals surface area contributed by atoms with E-state index < -0.39 is 5.54 Å². The zero-order chi connectivity index (χ0) is 14.3. The van der Waals surface area contributed by atoms with E-state index in [-0.39, 0.29) is 17.6 Å². The lowest BCUT2D eigenvalue weighted by Gasteiger charge is -2.48. The Kier molecular flexibility index (Phi) is 3.91. The van der Waals surface area contributed by atoms with Gasteiger partial charge in [0.2, 0.25) is 5.91 Å². The van der Waals surface area contributed by atoms with E-state index in [2.05, 4.69) is 25.7 Å². The summed E-state index contributed by atoms with van der Waals surface area (Å²) in [6.45, 7) is 8.12. The molecule has 1 saturated carbocycles. The van der Waals surface area contributed by atoms with E-state index in [1.54, 1.807) is 0 Å². The summed E-state index contributed by atoms with van der Waals surface area (Å²) in [5, 5.41) is 0. The van der Waals surface area contributed by atoms with Crippen LogP contribution in [-0.2, 0) is 9.53 Å². The van der Waals surface area contributed by atoms with Gasteiger partial charge in [-0.2, -0.15) is 0 Å². The molecule has 3 unspecified atom stereocenters. The second-order valence-corrected chi connectivity index (χ2v) is 6.89. The summed E-state index contributed by atoms with van der Waals surface area (Å²) in [5.74, 6) is -0.363. The number of carbonyl (C=O) groups excluding carboxylic acids is 1. The molecule has 1 aliphatic heterocycles. The van der Waals surface area contributed by atoms with E-state index in [0.29, 0.717) is 18.9 Å². The van der Waals surface area contributed by atoms with Crippen LogP contribution in [0.4, 0.5) is 0 Å². The summed E-state index contributed by atoms with van der Waals surface area (Å²) in [7, 11) is 0. The number of nitrogens with zero attached hydrogens (tertiary/aromatic N) is 1. The van der Waals surface area contributed by atoms with Gasteiger partial charge >= 0.3 is 0 Å². The Hall–Kier alpha value is -0.650. The molecule has 1 saturated heterocycles. The molecule has 2 aliphatic rings. The van der Waals surface area contributed by atoms with Crippen LogP contribution >= 0.6 is 0 Å². The molecular weight excluding hydrogens is 242 g/mol. The number of amides is 1. The molecule has 19 heavy (non-hydrogen) atoms. The van der Waals surface area contributed by atoms with Crippen molar-refractivity contribution in [1.82, 2.24) is 4.90 Å². The third-order valence-electron chi connectivity index (χ3n) is 4.36. The average Bonchev–Trinajstić information content (AvgIpc) is 2.26. The van der Waals surface area contributed by atoms with Crippen LogP contribution in [0.1, 0.15) is 46.5 Å². The van der Waals surface area contributed by atoms with Gasteiger partial charge in [0.15, 0.2) is 0 Å². The molecule has 4 N–H and O–H groups in total. The van der Waals surface area contributed by atoms with Crippen molar-refractivity contribution in [2.45, 2.75) is 69.7 Å². The SMILES string of the molecule is CC1CN(C2CCCC(N)(C(N)=O)C2)CC(C)(C)O1. The van der Waals surface area contributed by atoms with Crippen LogP contribution < -0.4 is 11.5 Å². The maximum Gasteiger partial charge on any atom is 0.237 e. The Morgan fingerprint density at radius 3 is 2.68 bits per heavy atom.